The molecule has 2 amide bonds. The summed E-state index contributed by atoms with van der Waals surface area (Å²) in [4.78, 5) is 32.9. The zero-order valence-corrected chi connectivity index (χ0v) is 17.4. The van der Waals surface area contributed by atoms with E-state index in [0.717, 1.165) is 50.9 Å². The van der Waals surface area contributed by atoms with Gasteiger partial charge in [0.1, 0.15) is 5.60 Å². The molecule has 1 fully saturated rings. The molecule has 2 aliphatic rings. The highest BCUT2D eigenvalue weighted by molar-refractivity contribution is 7.13. The maximum Gasteiger partial charge on any atom is 0.407 e. The van der Waals surface area contributed by atoms with Crippen LogP contribution in [0.3, 0.4) is 0 Å². The van der Waals surface area contributed by atoms with Crippen molar-refractivity contribution in [3.8, 4) is 0 Å². The van der Waals surface area contributed by atoms with Gasteiger partial charge >= 0.3 is 6.09 Å². The predicted octanol–water partition coefficient (Wildman–Crippen LogP) is 2.70. The van der Waals surface area contributed by atoms with Crippen LogP contribution in [0.5, 0.6) is 0 Å². The SMILES string of the molecule is CN1CCc2nc(C(=O)NC3CCCCC3NC(=O)OC(C)(C)C)sc2C1. The Morgan fingerprint density at radius 3 is 2.52 bits per heavy atom. The number of hydrogen-bond acceptors (Lipinski definition) is 6. The van der Waals surface area contributed by atoms with Gasteiger partial charge in [-0.25, -0.2) is 9.78 Å². The van der Waals surface area contributed by atoms with E-state index in [4.69, 9.17) is 4.74 Å². The highest BCUT2D eigenvalue weighted by atomic mass is 32.1. The van der Waals surface area contributed by atoms with Crippen LogP contribution >= 0.6 is 11.3 Å². The summed E-state index contributed by atoms with van der Waals surface area (Å²) in [5, 5.41) is 6.56. The van der Waals surface area contributed by atoms with Gasteiger partial charge in [-0.15, -0.1) is 11.3 Å². The first-order chi connectivity index (χ1) is 12.7. The second-order valence-electron chi connectivity index (χ2n) is 8.49. The standard InChI is InChI=1S/C19H30N4O3S/c1-19(2,3)26-18(25)22-13-8-6-5-7-12(13)20-16(24)17-21-14-9-10-23(4)11-15(14)27-17/h12-13H,5-11H2,1-4H3,(H,20,24)(H,22,25). The number of carbonyl (C=O) groups excluding carboxylic acids is 2. The number of likely N-dealkylation sites (N-methyl/N-ethyl adjacent to an activating group) is 1. The summed E-state index contributed by atoms with van der Waals surface area (Å²) in [7, 11) is 2.08. The Kier molecular flexibility index (Phi) is 6.05. The molecular weight excluding hydrogens is 364 g/mol. The third-order valence-corrected chi connectivity index (χ3v) is 5.98. The largest absolute Gasteiger partial charge is 0.444 e. The molecule has 150 valence electrons. The van der Waals surface area contributed by atoms with Crippen LogP contribution in [0, 0.1) is 0 Å². The molecule has 0 radical (unpaired) electrons. The predicted molar refractivity (Wildman–Crippen MR) is 105 cm³/mol. The molecule has 27 heavy (non-hydrogen) atoms. The Balaban J connectivity index is 1.62. The van der Waals surface area contributed by atoms with E-state index in [0.29, 0.717) is 5.01 Å². The van der Waals surface area contributed by atoms with Crippen molar-refractivity contribution < 1.29 is 14.3 Å². The average molecular weight is 395 g/mol. The van der Waals surface area contributed by atoms with Gasteiger partial charge in [0.2, 0.25) is 0 Å². The molecule has 2 heterocycles. The zero-order valence-electron chi connectivity index (χ0n) is 16.6. The molecular formula is C19H30N4O3S. The molecule has 0 bridgehead atoms. The van der Waals surface area contributed by atoms with Crippen molar-refractivity contribution in [1.29, 1.82) is 0 Å². The summed E-state index contributed by atoms with van der Waals surface area (Å²) in [6, 6.07) is -0.208. The van der Waals surface area contributed by atoms with Crippen LogP contribution in [0.15, 0.2) is 0 Å². The molecule has 2 atom stereocenters. The van der Waals surface area contributed by atoms with E-state index in [2.05, 4.69) is 27.6 Å². The molecule has 0 aromatic carbocycles. The van der Waals surface area contributed by atoms with Crippen molar-refractivity contribution >= 4 is 23.3 Å². The molecule has 1 aliphatic heterocycles. The van der Waals surface area contributed by atoms with Gasteiger partial charge in [0, 0.05) is 30.4 Å². The van der Waals surface area contributed by atoms with E-state index in [9.17, 15) is 9.59 Å². The third kappa shape index (κ3) is 5.42. The van der Waals surface area contributed by atoms with Crippen LogP contribution in [-0.2, 0) is 17.7 Å². The Hall–Kier alpha value is -1.67. The maximum atomic E-state index is 12.8. The van der Waals surface area contributed by atoms with Gasteiger partial charge in [-0.05, 0) is 40.7 Å². The number of hydrogen-bond donors (Lipinski definition) is 2. The fourth-order valence-electron chi connectivity index (χ4n) is 3.59. The molecule has 0 saturated heterocycles. The molecule has 8 heteroatoms. The monoisotopic (exact) mass is 394 g/mol. The van der Waals surface area contributed by atoms with Crippen molar-refractivity contribution in [2.24, 2.45) is 0 Å². The van der Waals surface area contributed by atoms with E-state index in [1.165, 1.54) is 16.2 Å². The Morgan fingerprint density at radius 1 is 1.19 bits per heavy atom. The minimum Gasteiger partial charge on any atom is -0.444 e. The van der Waals surface area contributed by atoms with E-state index >= 15 is 0 Å². The van der Waals surface area contributed by atoms with Crippen LogP contribution in [0.1, 0.15) is 66.8 Å². The number of carbonyl (C=O) groups is 2. The lowest BCUT2D eigenvalue weighted by molar-refractivity contribution is 0.0475. The van der Waals surface area contributed by atoms with Crippen molar-refractivity contribution in [3.63, 3.8) is 0 Å². The zero-order chi connectivity index (χ0) is 19.6. The van der Waals surface area contributed by atoms with Crippen molar-refractivity contribution in [3.05, 3.63) is 15.6 Å². The minimum atomic E-state index is -0.537. The van der Waals surface area contributed by atoms with Crippen molar-refractivity contribution in [2.45, 2.75) is 77.1 Å². The number of nitrogens with zero attached hydrogens (tertiary/aromatic N) is 2. The third-order valence-electron chi connectivity index (χ3n) is 4.90. The summed E-state index contributed by atoms with van der Waals surface area (Å²) in [5.74, 6) is -0.139. The Bertz CT molecular complexity index is 698. The average Bonchev–Trinajstić information content (AvgIpc) is 2.98. The first-order valence-corrected chi connectivity index (χ1v) is 10.5. The molecule has 2 unspecified atom stereocenters. The normalized spacial score (nSPS) is 23.4. The smallest absolute Gasteiger partial charge is 0.407 e. The fraction of sp³-hybridized carbons (Fsp3) is 0.737. The summed E-state index contributed by atoms with van der Waals surface area (Å²) in [6.07, 6.45) is 4.22. The summed E-state index contributed by atoms with van der Waals surface area (Å²) in [6.45, 7) is 7.35. The second-order valence-corrected chi connectivity index (χ2v) is 9.58. The molecule has 1 aromatic rings. The second kappa shape index (κ2) is 8.14. The van der Waals surface area contributed by atoms with Crippen LogP contribution in [0.2, 0.25) is 0 Å². The van der Waals surface area contributed by atoms with E-state index < -0.39 is 11.7 Å². The van der Waals surface area contributed by atoms with E-state index in [-0.39, 0.29) is 18.0 Å². The summed E-state index contributed by atoms with van der Waals surface area (Å²) >= 11 is 1.48. The maximum absolute atomic E-state index is 12.8. The number of amides is 2. The quantitative estimate of drug-likeness (QED) is 0.824. The lowest BCUT2D eigenvalue weighted by atomic mass is 9.90. The highest BCUT2D eigenvalue weighted by Crippen LogP contribution is 2.25. The molecule has 1 saturated carbocycles. The summed E-state index contributed by atoms with van der Waals surface area (Å²) in [5.41, 5.74) is 0.514. The lowest BCUT2D eigenvalue weighted by Gasteiger charge is -2.33. The molecule has 3 rings (SSSR count). The summed E-state index contributed by atoms with van der Waals surface area (Å²) < 4.78 is 5.37. The molecule has 1 aliphatic carbocycles. The van der Waals surface area contributed by atoms with Gasteiger partial charge in [0.05, 0.1) is 11.7 Å². The lowest BCUT2D eigenvalue weighted by Crippen LogP contribution is -2.53. The molecule has 2 N–H and O–H groups in total. The number of ether oxygens (including phenoxy) is 1. The number of nitrogens with one attached hydrogen (secondary N) is 2. The molecule has 0 spiro atoms. The van der Waals surface area contributed by atoms with Crippen LogP contribution in [-0.4, -0.2) is 53.2 Å². The molecule has 1 aromatic heterocycles. The molecule has 7 nitrogen and oxygen atoms in total. The Labute approximate surface area is 164 Å². The minimum absolute atomic E-state index is 0.0950. The number of rotatable bonds is 3. The van der Waals surface area contributed by atoms with Gasteiger partial charge in [0.15, 0.2) is 5.01 Å². The van der Waals surface area contributed by atoms with Crippen molar-refractivity contribution in [1.82, 2.24) is 20.5 Å². The van der Waals surface area contributed by atoms with Crippen LogP contribution in [0.4, 0.5) is 4.79 Å². The van der Waals surface area contributed by atoms with Crippen molar-refractivity contribution in [2.75, 3.05) is 13.6 Å². The van der Waals surface area contributed by atoms with E-state index in [1.807, 2.05) is 20.8 Å². The van der Waals surface area contributed by atoms with Gasteiger partial charge < -0.3 is 20.3 Å². The topological polar surface area (TPSA) is 83.6 Å². The van der Waals surface area contributed by atoms with Gasteiger partial charge in [-0.1, -0.05) is 12.8 Å². The number of alkyl carbamates (subject to hydrolysis) is 1. The van der Waals surface area contributed by atoms with Gasteiger partial charge in [0.25, 0.3) is 5.91 Å². The first kappa shape index (κ1) is 20.1. The van der Waals surface area contributed by atoms with Gasteiger partial charge in [-0.3, -0.25) is 4.79 Å². The van der Waals surface area contributed by atoms with E-state index in [1.54, 1.807) is 0 Å². The number of aromatic nitrogens is 1. The number of thiazole rings is 1. The van der Waals surface area contributed by atoms with Gasteiger partial charge in [-0.2, -0.15) is 0 Å². The fourth-order valence-corrected chi connectivity index (χ4v) is 4.68. The Morgan fingerprint density at radius 2 is 1.85 bits per heavy atom. The first-order valence-electron chi connectivity index (χ1n) is 9.69. The number of fused-ring (bicyclic) bond motifs is 1. The van der Waals surface area contributed by atoms with Crippen LogP contribution < -0.4 is 10.6 Å². The highest BCUT2D eigenvalue weighted by Gasteiger charge is 2.31. The van der Waals surface area contributed by atoms with Crippen LogP contribution in [0.25, 0.3) is 0 Å².